The molecule has 0 fully saturated rings. The minimum Gasteiger partial charge on any atom is -0.379 e. The zero-order valence-corrected chi connectivity index (χ0v) is 20.0. The van der Waals surface area contributed by atoms with Gasteiger partial charge in [-0.05, 0) is 90.6 Å². The van der Waals surface area contributed by atoms with Crippen molar-refractivity contribution in [2.24, 2.45) is 0 Å². The van der Waals surface area contributed by atoms with Gasteiger partial charge in [0.1, 0.15) is 0 Å². The Balaban J connectivity index is 1.67. The van der Waals surface area contributed by atoms with Crippen LogP contribution in [0.4, 0.5) is 0 Å². The summed E-state index contributed by atoms with van der Waals surface area (Å²) in [7, 11) is 0. The Hall–Kier alpha value is -1.13. The number of ether oxygens (including phenoxy) is 1. The lowest BCUT2D eigenvalue weighted by atomic mass is 9.89. The number of benzene rings is 2. The van der Waals surface area contributed by atoms with E-state index in [0.717, 1.165) is 19.4 Å². The van der Waals surface area contributed by atoms with Crippen molar-refractivity contribution in [1.82, 2.24) is 0 Å². The number of rotatable bonds is 11. The first-order valence-electron chi connectivity index (χ1n) is 11.3. The largest absolute Gasteiger partial charge is 0.379 e. The molecular formula is C27H35IO. The van der Waals surface area contributed by atoms with Crippen molar-refractivity contribution < 1.29 is 4.74 Å². The zero-order chi connectivity index (χ0) is 20.3. The fraction of sp³-hybridized carbons (Fsp3) is 0.481. The lowest BCUT2D eigenvalue weighted by Crippen LogP contribution is -2.09. The number of fused-ring (bicyclic) bond motifs is 1. The van der Waals surface area contributed by atoms with Crippen LogP contribution in [0.5, 0.6) is 0 Å². The van der Waals surface area contributed by atoms with Crippen LogP contribution in [0.15, 0.2) is 54.6 Å². The maximum Gasteiger partial charge on any atom is 0.0547 e. The molecule has 0 spiro atoms. The molecule has 1 aliphatic rings. The van der Waals surface area contributed by atoms with Gasteiger partial charge in [0.05, 0.1) is 6.10 Å². The summed E-state index contributed by atoms with van der Waals surface area (Å²) >= 11 is 2.46. The van der Waals surface area contributed by atoms with E-state index in [1.54, 1.807) is 11.1 Å². The third kappa shape index (κ3) is 6.96. The second kappa shape index (κ2) is 12.5. The quantitative estimate of drug-likeness (QED) is 0.171. The third-order valence-electron chi connectivity index (χ3n) is 5.92. The molecule has 0 amide bonds. The fourth-order valence-electron chi connectivity index (χ4n) is 4.35. The molecule has 0 radical (unpaired) electrons. The maximum absolute atomic E-state index is 6.07. The average Bonchev–Trinajstić information content (AvgIpc) is 2.94. The molecule has 0 aromatic heterocycles. The number of hydrogen-bond acceptors (Lipinski definition) is 1. The zero-order valence-electron chi connectivity index (χ0n) is 17.8. The molecule has 0 heterocycles. The Labute approximate surface area is 191 Å². The summed E-state index contributed by atoms with van der Waals surface area (Å²) < 4.78 is 7.32. The first-order chi connectivity index (χ1) is 14.3. The van der Waals surface area contributed by atoms with Crippen LogP contribution in [0.1, 0.15) is 75.0 Å². The van der Waals surface area contributed by atoms with Gasteiger partial charge < -0.3 is 4.74 Å². The first-order valence-corrected chi connectivity index (χ1v) is 12.9. The van der Waals surface area contributed by atoms with Crippen LogP contribution in [-0.4, -0.2) is 17.1 Å². The lowest BCUT2D eigenvalue weighted by molar-refractivity contribution is 0.0567. The first kappa shape index (κ1) is 22.6. The van der Waals surface area contributed by atoms with Crippen LogP contribution < -0.4 is 0 Å². The fourth-order valence-corrected chi connectivity index (χ4v) is 4.89. The second-order valence-corrected chi connectivity index (χ2v) is 9.24. The molecule has 0 bridgehead atoms. The van der Waals surface area contributed by atoms with Crippen LogP contribution in [0.25, 0.3) is 11.1 Å². The van der Waals surface area contributed by atoms with E-state index in [2.05, 4.69) is 84.1 Å². The Kier molecular flexibility index (Phi) is 9.75. The van der Waals surface area contributed by atoms with E-state index in [4.69, 9.17) is 4.74 Å². The van der Waals surface area contributed by atoms with Crippen molar-refractivity contribution in [3.8, 4) is 0 Å². The van der Waals surface area contributed by atoms with E-state index in [1.807, 2.05) is 0 Å². The van der Waals surface area contributed by atoms with Gasteiger partial charge >= 0.3 is 0 Å². The predicted molar refractivity (Wildman–Crippen MR) is 135 cm³/mol. The topological polar surface area (TPSA) is 9.23 Å². The summed E-state index contributed by atoms with van der Waals surface area (Å²) in [4.78, 5) is 0. The minimum absolute atomic E-state index is 0.358. The van der Waals surface area contributed by atoms with Crippen LogP contribution in [0.3, 0.4) is 0 Å². The number of allylic oxidation sites excluding steroid dienone is 2. The van der Waals surface area contributed by atoms with Crippen molar-refractivity contribution >= 4 is 33.7 Å². The van der Waals surface area contributed by atoms with E-state index in [-0.39, 0.29) is 0 Å². The summed E-state index contributed by atoms with van der Waals surface area (Å²) in [5.41, 5.74) is 7.53. The van der Waals surface area contributed by atoms with E-state index >= 15 is 0 Å². The lowest BCUT2D eigenvalue weighted by Gasteiger charge is -2.18. The van der Waals surface area contributed by atoms with E-state index in [9.17, 15) is 0 Å². The van der Waals surface area contributed by atoms with Gasteiger partial charge in [0.2, 0.25) is 0 Å². The maximum atomic E-state index is 6.07. The molecule has 0 N–H and O–H groups in total. The van der Waals surface area contributed by atoms with Gasteiger partial charge in [0, 0.05) is 6.61 Å². The molecule has 0 saturated heterocycles. The minimum atomic E-state index is 0.358. The van der Waals surface area contributed by atoms with E-state index < -0.39 is 0 Å². The molecule has 2 heteroatoms. The summed E-state index contributed by atoms with van der Waals surface area (Å²) in [6.07, 6.45) is 11.2. The molecule has 1 atom stereocenters. The summed E-state index contributed by atoms with van der Waals surface area (Å²) in [6, 6.07) is 20.1. The van der Waals surface area contributed by atoms with Gasteiger partial charge in [-0.3, -0.25) is 0 Å². The Morgan fingerprint density at radius 2 is 1.69 bits per heavy atom. The molecule has 156 valence electrons. The highest BCUT2D eigenvalue weighted by atomic mass is 127. The van der Waals surface area contributed by atoms with Gasteiger partial charge in [0.25, 0.3) is 0 Å². The normalized spacial score (nSPS) is 15.1. The van der Waals surface area contributed by atoms with Crippen molar-refractivity contribution in [3.05, 3.63) is 71.3 Å². The van der Waals surface area contributed by atoms with Crippen LogP contribution in [0.2, 0.25) is 0 Å². The van der Waals surface area contributed by atoms with Crippen molar-refractivity contribution in [3.63, 3.8) is 0 Å². The van der Waals surface area contributed by atoms with Crippen molar-refractivity contribution in [2.45, 2.75) is 70.8 Å². The number of unbranched alkanes of at least 4 members (excludes halogenated alkanes) is 2. The third-order valence-corrected chi connectivity index (χ3v) is 6.68. The van der Waals surface area contributed by atoms with Gasteiger partial charge in [-0.25, -0.2) is 0 Å². The SMILES string of the molecule is CC(CCCC1=C(c2ccccc2)CCCc2ccccc21)OCCCCCI. The number of aryl methyl sites for hydroxylation is 1. The average molecular weight is 502 g/mol. The smallest absolute Gasteiger partial charge is 0.0547 e. The standard InChI is InChI=1S/C27H35IO/c1-22(29-21-9-3-8-20-28)12-10-19-27-25-17-7-6-15-24(25)16-11-18-26(27)23-13-4-2-5-14-23/h2,4-7,13-15,17,22H,3,8-12,16,18-21H2,1H3. The molecule has 29 heavy (non-hydrogen) atoms. The van der Waals surface area contributed by atoms with Crippen molar-refractivity contribution in [1.29, 1.82) is 0 Å². The molecule has 0 saturated carbocycles. The number of alkyl halides is 1. The van der Waals surface area contributed by atoms with Gasteiger partial charge in [0.15, 0.2) is 0 Å². The van der Waals surface area contributed by atoms with Gasteiger partial charge in [-0.1, -0.05) is 83.6 Å². The highest BCUT2D eigenvalue weighted by molar-refractivity contribution is 14.1. The molecule has 2 aromatic rings. The summed E-state index contributed by atoms with van der Waals surface area (Å²) in [5, 5.41) is 0. The number of halogens is 1. The molecule has 1 aliphatic carbocycles. The van der Waals surface area contributed by atoms with Crippen LogP contribution in [0, 0.1) is 0 Å². The summed E-state index contributed by atoms with van der Waals surface area (Å²) in [6.45, 7) is 3.16. The Bertz CT molecular complexity index is 765. The molecule has 0 aliphatic heterocycles. The summed E-state index contributed by atoms with van der Waals surface area (Å²) in [5.74, 6) is 0. The van der Waals surface area contributed by atoms with E-state index in [1.165, 1.54) is 66.1 Å². The molecule has 1 unspecified atom stereocenters. The number of hydrogen-bond donors (Lipinski definition) is 0. The van der Waals surface area contributed by atoms with Crippen molar-refractivity contribution in [2.75, 3.05) is 11.0 Å². The van der Waals surface area contributed by atoms with Gasteiger partial charge in [-0.15, -0.1) is 0 Å². The molecular weight excluding hydrogens is 467 g/mol. The van der Waals surface area contributed by atoms with Gasteiger partial charge in [-0.2, -0.15) is 0 Å². The molecule has 1 nitrogen and oxygen atoms in total. The van der Waals surface area contributed by atoms with Crippen LogP contribution >= 0.6 is 22.6 Å². The molecule has 3 rings (SSSR count). The Morgan fingerprint density at radius 1 is 0.897 bits per heavy atom. The van der Waals surface area contributed by atoms with Crippen LogP contribution in [-0.2, 0) is 11.2 Å². The predicted octanol–water partition coefficient (Wildman–Crippen LogP) is 8.11. The van der Waals surface area contributed by atoms with E-state index in [0.29, 0.717) is 6.10 Å². The highest BCUT2D eigenvalue weighted by Crippen LogP contribution is 2.38. The second-order valence-electron chi connectivity index (χ2n) is 8.16. The molecule has 2 aromatic carbocycles. The highest BCUT2D eigenvalue weighted by Gasteiger charge is 2.18. The Morgan fingerprint density at radius 3 is 2.52 bits per heavy atom. The monoisotopic (exact) mass is 502 g/mol.